The minimum Gasteiger partial charge on any atom is -0.493 e. The maximum absolute atomic E-state index is 13.6. The molecule has 0 spiro atoms. The Morgan fingerprint density at radius 1 is 0.970 bits per heavy atom. The number of benzene rings is 3. The second kappa shape index (κ2) is 8.57. The monoisotopic (exact) mass is 523 g/mol. The van der Waals surface area contributed by atoms with E-state index in [-0.39, 0.29) is 5.91 Å². The number of methoxy groups -OCH3 is 2. The highest BCUT2D eigenvalue weighted by Gasteiger charge is 2.43. The van der Waals surface area contributed by atoms with Gasteiger partial charge in [0.1, 0.15) is 5.69 Å². The maximum Gasteiger partial charge on any atom is 0.277 e. The Kier molecular flexibility index (Phi) is 5.60. The number of carbonyl (C=O) groups is 1. The van der Waals surface area contributed by atoms with Crippen molar-refractivity contribution in [2.75, 3.05) is 19.1 Å². The first kappa shape index (κ1) is 21.6. The summed E-state index contributed by atoms with van der Waals surface area (Å²) in [4.78, 5) is 15.4. The number of halogens is 2. The van der Waals surface area contributed by atoms with Crippen LogP contribution in [-0.4, -0.2) is 30.3 Å². The second-order valence-corrected chi connectivity index (χ2v) is 8.89. The number of hydrogen-bond acceptors (Lipinski definition) is 4. The number of fused-ring (bicyclic) bond motifs is 1. The fourth-order valence-corrected chi connectivity index (χ4v) is 4.57. The lowest BCUT2D eigenvalue weighted by molar-refractivity contribution is 0.0988. The van der Waals surface area contributed by atoms with Gasteiger partial charge in [-0.15, -0.1) is 0 Å². The van der Waals surface area contributed by atoms with Crippen LogP contribution in [0.2, 0.25) is 5.02 Å². The molecule has 1 N–H and O–H groups in total. The standard InChI is InChI=1S/C25H19BrClN3O3/c1-32-19-12-5-15(13-20(19)33-2)24-21-22(14-3-6-16(26)7-4-14)28-29-23(21)25(31)30(24)18-10-8-17(27)9-11-18/h3-13,24H,1-2H3,(H,28,29)/t24-/m1/s1. The first-order chi connectivity index (χ1) is 16.0. The van der Waals surface area contributed by atoms with E-state index in [4.69, 9.17) is 21.1 Å². The normalized spacial score (nSPS) is 15.0. The van der Waals surface area contributed by atoms with E-state index in [0.717, 1.165) is 32.5 Å². The average molecular weight is 525 g/mol. The lowest BCUT2D eigenvalue weighted by Crippen LogP contribution is -2.29. The van der Waals surface area contributed by atoms with E-state index in [1.54, 1.807) is 31.3 Å². The molecule has 5 rings (SSSR count). The molecule has 0 aliphatic carbocycles. The summed E-state index contributed by atoms with van der Waals surface area (Å²) < 4.78 is 11.9. The molecule has 0 bridgehead atoms. The van der Waals surface area contributed by atoms with Gasteiger partial charge in [0.2, 0.25) is 0 Å². The SMILES string of the molecule is COc1ccc([C@@H]2c3c(-c4ccc(Br)cc4)n[nH]c3C(=O)N2c2ccc(Cl)cc2)cc1OC. The van der Waals surface area contributed by atoms with Gasteiger partial charge in [0, 0.05) is 26.3 Å². The minimum atomic E-state index is -0.425. The molecule has 4 aromatic rings. The van der Waals surface area contributed by atoms with Crippen LogP contribution >= 0.6 is 27.5 Å². The van der Waals surface area contributed by atoms with Crippen molar-refractivity contribution in [1.29, 1.82) is 0 Å². The van der Waals surface area contributed by atoms with Gasteiger partial charge in [-0.1, -0.05) is 45.7 Å². The number of anilines is 1. The van der Waals surface area contributed by atoms with Gasteiger partial charge in [-0.3, -0.25) is 14.8 Å². The summed E-state index contributed by atoms with van der Waals surface area (Å²) in [5, 5.41) is 8.09. The van der Waals surface area contributed by atoms with Crippen LogP contribution in [-0.2, 0) is 0 Å². The van der Waals surface area contributed by atoms with Crippen LogP contribution in [0.15, 0.2) is 71.2 Å². The molecule has 0 saturated heterocycles. The largest absolute Gasteiger partial charge is 0.493 e. The van der Waals surface area contributed by atoms with Gasteiger partial charge in [-0.05, 0) is 54.1 Å². The third-order valence-electron chi connectivity index (χ3n) is 5.71. The molecule has 33 heavy (non-hydrogen) atoms. The van der Waals surface area contributed by atoms with E-state index in [0.29, 0.717) is 22.2 Å². The number of aromatic amines is 1. The summed E-state index contributed by atoms with van der Waals surface area (Å²) in [6, 6.07) is 20.3. The van der Waals surface area contributed by atoms with Crippen LogP contribution in [0, 0.1) is 0 Å². The van der Waals surface area contributed by atoms with Crippen molar-refractivity contribution in [2.45, 2.75) is 6.04 Å². The predicted molar refractivity (Wildman–Crippen MR) is 131 cm³/mol. The molecule has 0 saturated carbocycles. The lowest BCUT2D eigenvalue weighted by Gasteiger charge is -2.27. The van der Waals surface area contributed by atoms with Crippen molar-refractivity contribution >= 4 is 39.1 Å². The number of hydrogen-bond donors (Lipinski definition) is 1. The topological polar surface area (TPSA) is 67.5 Å². The Labute approximate surface area is 204 Å². The molecule has 166 valence electrons. The van der Waals surface area contributed by atoms with Crippen molar-refractivity contribution in [3.05, 3.63) is 93.0 Å². The van der Waals surface area contributed by atoms with Crippen LogP contribution in [0.3, 0.4) is 0 Å². The summed E-state index contributed by atoms with van der Waals surface area (Å²) >= 11 is 9.59. The number of amides is 1. The maximum atomic E-state index is 13.6. The third kappa shape index (κ3) is 3.67. The molecule has 3 aromatic carbocycles. The van der Waals surface area contributed by atoms with Crippen LogP contribution < -0.4 is 14.4 Å². The van der Waals surface area contributed by atoms with E-state index in [2.05, 4.69) is 26.1 Å². The van der Waals surface area contributed by atoms with Crippen molar-refractivity contribution in [3.63, 3.8) is 0 Å². The average Bonchev–Trinajstić information content (AvgIpc) is 3.39. The van der Waals surface area contributed by atoms with Crippen LogP contribution in [0.1, 0.15) is 27.7 Å². The molecule has 0 unspecified atom stereocenters. The van der Waals surface area contributed by atoms with E-state index >= 15 is 0 Å². The van der Waals surface area contributed by atoms with Crippen molar-refractivity contribution < 1.29 is 14.3 Å². The Balaban J connectivity index is 1.72. The van der Waals surface area contributed by atoms with Crippen LogP contribution in [0.25, 0.3) is 11.3 Å². The smallest absolute Gasteiger partial charge is 0.277 e. The zero-order valence-electron chi connectivity index (χ0n) is 17.8. The zero-order chi connectivity index (χ0) is 23.1. The molecule has 0 radical (unpaired) electrons. The number of H-pyrrole nitrogens is 1. The van der Waals surface area contributed by atoms with Crippen LogP contribution in [0.5, 0.6) is 11.5 Å². The molecule has 6 nitrogen and oxygen atoms in total. The van der Waals surface area contributed by atoms with Gasteiger partial charge in [-0.25, -0.2) is 0 Å². The summed E-state index contributed by atoms with van der Waals surface area (Å²) in [5.41, 5.74) is 4.51. The molecule has 1 amide bonds. The zero-order valence-corrected chi connectivity index (χ0v) is 20.1. The Morgan fingerprint density at radius 2 is 1.67 bits per heavy atom. The number of carbonyl (C=O) groups excluding carboxylic acids is 1. The number of ether oxygens (including phenoxy) is 2. The van der Waals surface area contributed by atoms with Crippen LogP contribution in [0.4, 0.5) is 5.69 Å². The number of nitrogens with zero attached hydrogens (tertiary/aromatic N) is 2. The molecule has 8 heteroatoms. The first-order valence-corrected chi connectivity index (χ1v) is 11.3. The Bertz CT molecular complexity index is 1340. The lowest BCUT2D eigenvalue weighted by atomic mass is 9.95. The second-order valence-electron chi connectivity index (χ2n) is 7.54. The highest BCUT2D eigenvalue weighted by molar-refractivity contribution is 9.10. The van der Waals surface area contributed by atoms with Gasteiger partial charge in [0.15, 0.2) is 11.5 Å². The van der Waals surface area contributed by atoms with Crippen molar-refractivity contribution in [2.24, 2.45) is 0 Å². The predicted octanol–water partition coefficient (Wildman–Crippen LogP) is 6.26. The van der Waals surface area contributed by atoms with Gasteiger partial charge in [-0.2, -0.15) is 5.10 Å². The van der Waals surface area contributed by atoms with Gasteiger partial charge < -0.3 is 9.47 Å². The fraction of sp³-hybridized carbons (Fsp3) is 0.120. The minimum absolute atomic E-state index is 0.164. The number of nitrogens with one attached hydrogen (secondary N) is 1. The third-order valence-corrected chi connectivity index (χ3v) is 6.49. The quantitative estimate of drug-likeness (QED) is 0.335. The van der Waals surface area contributed by atoms with E-state index in [1.807, 2.05) is 54.6 Å². The summed E-state index contributed by atoms with van der Waals surface area (Å²) in [6.07, 6.45) is 0. The first-order valence-electron chi connectivity index (χ1n) is 10.2. The van der Waals surface area contributed by atoms with Gasteiger partial charge in [0.05, 0.1) is 26.0 Å². The Hall–Kier alpha value is -3.29. The molecular formula is C25H19BrClN3O3. The summed E-state index contributed by atoms with van der Waals surface area (Å²) in [6.45, 7) is 0. The van der Waals surface area contributed by atoms with E-state index in [1.165, 1.54) is 0 Å². The highest BCUT2D eigenvalue weighted by atomic mass is 79.9. The summed E-state index contributed by atoms with van der Waals surface area (Å²) in [7, 11) is 3.19. The summed E-state index contributed by atoms with van der Waals surface area (Å²) in [5.74, 6) is 1.03. The van der Waals surface area contributed by atoms with Crippen molar-refractivity contribution in [1.82, 2.24) is 10.2 Å². The molecular weight excluding hydrogens is 506 g/mol. The number of aromatic nitrogens is 2. The van der Waals surface area contributed by atoms with E-state index < -0.39 is 6.04 Å². The van der Waals surface area contributed by atoms with E-state index in [9.17, 15) is 4.79 Å². The molecule has 1 atom stereocenters. The highest BCUT2D eigenvalue weighted by Crippen LogP contribution is 2.46. The molecule has 1 aromatic heterocycles. The molecule has 2 heterocycles. The van der Waals surface area contributed by atoms with Crippen molar-refractivity contribution in [3.8, 4) is 22.8 Å². The van der Waals surface area contributed by atoms with Gasteiger partial charge in [0.25, 0.3) is 5.91 Å². The van der Waals surface area contributed by atoms with Gasteiger partial charge >= 0.3 is 0 Å². The molecule has 1 aliphatic rings. The Morgan fingerprint density at radius 3 is 2.33 bits per heavy atom. The fourth-order valence-electron chi connectivity index (χ4n) is 4.18. The molecule has 0 fully saturated rings. The number of rotatable bonds is 5. The molecule has 1 aliphatic heterocycles.